The third-order valence-electron chi connectivity index (χ3n) is 2.35. The van der Waals surface area contributed by atoms with Crippen LogP contribution in [0.2, 0.25) is 0 Å². The van der Waals surface area contributed by atoms with Crippen LogP contribution in [0.15, 0.2) is 24.3 Å². The van der Waals surface area contributed by atoms with Crippen molar-refractivity contribution in [1.29, 1.82) is 0 Å². The minimum absolute atomic E-state index is 0.274. The van der Waals surface area contributed by atoms with Crippen molar-refractivity contribution in [2.75, 3.05) is 19.8 Å². The van der Waals surface area contributed by atoms with E-state index in [0.29, 0.717) is 25.3 Å². The minimum atomic E-state index is -0.718. The van der Waals surface area contributed by atoms with Crippen molar-refractivity contribution in [1.82, 2.24) is 5.32 Å². The van der Waals surface area contributed by atoms with Gasteiger partial charge in [-0.05, 0) is 38.0 Å². The van der Waals surface area contributed by atoms with Gasteiger partial charge in [0.15, 0.2) is 0 Å². The first-order valence-corrected chi connectivity index (χ1v) is 6.49. The van der Waals surface area contributed by atoms with E-state index in [9.17, 15) is 9.59 Å². The third-order valence-corrected chi connectivity index (χ3v) is 2.35. The Hall–Kier alpha value is -2.24. The van der Waals surface area contributed by atoms with Crippen molar-refractivity contribution in [3.05, 3.63) is 29.8 Å². The fourth-order valence-electron chi connectivity index (χ4n) is 1.46. The molecule has 0 unspecified atom stereocenters. The Morgan fingerprint density at radius 2 is 1.70 bits per heavy atom. The van der Waals surface area contributed by atoms with Gasteiger partial charge in [-0.3, -0.25) is 0 Å². The van der Waals surface area contributed by atoms with E-state index in [1.165, 1.54) is 0 Å². The molecular formula is C14H19NO5. The zero-order valence-corrected chi connectivity index (χ0v) is 11.7. The molecule has 0 spiro atoms. The van der Waals surface area contributed by atoms with E-state index < -0.39 is 12.2 Å². The summed E-state index contributed by atoms with van der Waals surface area (Å²) < 4.78 is 14.3. The second-order valence-electron chi connectivity index (χ2n) is 3.83. The summed E-state index contributed by atoms with van der Waals surface area (Å²) in [5, 5.41) is 2.63. The van der Waals surface area contributed by atoms with Gasteiger partial charge in [-0.25, -0.2) is 9.59 Å². The SMILES string of the molecule is CCOC(=O)NCCc1ccc(OC(=O)OCC)cc1. The molecule has 0 aliphatic heterocycles. The highest BCUT2D eigenvalue weighted by atomic mass is 16.7. The molecule has 1 rings (SSSR count). The van der Waals surface area contributed by atoms with Gasteiger partial charge in [0.25, 0.3) is 0 Å². The maximum absolute atomic E-state index is 11.1. The van der Waals surface area contributed by atoms with Crippen molar-refractivity contribution in [2.45, 2.75) is 20.3 Å². The number of ether oxygens (including phenoxy) is 3. The zero-order chi connectivity index (χ0) is 14.8. The molecule has 1 aromatic rings. The quantitative estimate of drug-likeness (QED) is 0.640. The van der Waals surface area contributed by atoms with Crippen molar-refractivity contribution in [3.63, 3.8) is 0 Å². The van der Waals surface area contributed by atoms with Gasteiger partial charge in [-0.1, -0.05) is 12.1 Å². The van der Waals surface area contributed by atoms with E-state index in [2.05, 4.69) is 10.1 Å². The number of nitrogens with one attached hydrogen (secondary N) is 1. The monoisotopic (exact) mass is 281 g/mol. The zero-order valence-electron chi connectivity index (χ0n) is 11.7. The maximum atomic E-state index is 11.1. The van der Waals surface area contributed by atoms with Gasteiger partial charge in [0.05, 0.1) is 13.2 Å². The number of hydrogen-bond acceptors (Lipinski definition) is 5. The molecule has 0 atom stereocenters. The summed E-state index contributed by atoms with van der Waals surface area (Å²) in [4.78, 5) is 22.2. The Kier molecular flexibility index (Phi) is 6.95. The maximum Gasteiger partial charge on any atom is 0.513 e. The average Bonchev–Trinajstić information content (AvgIpc) is 2.41. The van der Waals surface area contributed by atoms with Crippen LogP contribution in [0, 0.1) is 0 Å². The van der Waals surface area contributed by atoms with Gasteiger partial charge < -0.3 is 19.5 Å². The lowest BCUT2D eigenvalue weighted by molar-refractivity contribution is 0.104. The summed E-state index contributed by atoms with van der Waals surface area (Å²) in [6.07, 6.45) is -0.475. The van der Waals surface area contributed by atoms with E-state index >= 15 is 0 Å². The molecule has 1 amide bonds. The van der Waals surface area contributed by atoms with Gasteiger partial charge in [0, 0.05) is 6.54 Å². The number of rotatable bonds is 6. The van der Waals surface area contributed by atoms with Crippen LogP contribution in [-0.4, -0.2) is 32.0 Å². The number of carbonyl (C=O) groups excluding carboxylic acids is 2. The highest BCUT2D eigenvalue weighted by molar-refractivity contribution is 5.67. The lowest BCUT2D eigenvalue weighted by Crippen LogP contribution is -2.26. The summed E-state index contributed by atoms with van der Waals surface area (Å²) in [7, 11) is 0. The summed E-state index contributed by atoms with van der Waals surface area (Å²) in [5.41, 5.74) is 1.01. The van der Waals surface area contributed by atoms with Crippen LogP contribution in [0.4, 0.5) is 9.59 Å². The van der Waals surface area contributed by atoms with Crippen molar-refractivity contribution in [3.8, 4) is 5.75 Å². The second-order valence-corrected chi connectivity index (χ2v) is 3.83. The molecule has 0 saturated heterocycles. The summed E-state index contributed by atoms with van der Waals surface area (Å²) in [6, 6.07) is 7.00. The van der Waals surface area contributed by atoms with Crippen molar-refractivity contribution in [2.24, 2.45) is 0 Å². The van der Waals surface area contributed by atoms with Crippen LogP contribution < -0.4 is 10.1 Å². The molecule has 20 heavy (non-hydrogen) atoms. The molecule has 110 valence electrons. The fourth-order valence-corrected chi connectivity index (χ4v) is 1.46. The van der Waals surface area contributed by atoms with Crippen LogP contribution in [-0.2, 0) is 15.9 Å². The molecule has 0 radical (unpaired) electrons. The van der Waals surface area contributed by atoms with Gasteiger partial charge in [-0.2, -0.15) is 0 Å². The number of benzene rings is 1. The first-order chi connectivity index (χ1) is 9.65. The molecule has 6 heteroatoms. The first kappa shape index (κ1) is 15.8. The largest absolute Gasteiger partial charge is 0.513 e. The predicted molar refractivity (Wildman–Crippen MR) is 72.8 cm³/mol. The Bertz CT molecular complexity index is 430. The standard InChI is InChI=1S/C14H19NO5/c1-3-18-13(16)15-10-9-11-5-7-12(8-6-11)20-14(17)19-4-2/h5-8H,3-4,9-10H2,1-2H3,(H,15,16). The number of hydrogen-bond donors (Lipinski definition) is 1. The van der Waals surface area contributed by atoms with E-state index in [0.717, 1.165) is 5.56 Å². The molecule has 1 N–H and O–H groups in total. The summed E-state index contributed by atoms with van der Waals surface area (Å²) in [5.74, 6) is 0.422. The molecule has 0 saturated carbocycles. The van der Waals surface area contributed by atoms with Crippen LogP contribution >= 0.6 is 0 Å². The molecule has 0 aliphatic carbocycles. The second kappa shape index (κ2) is 8.79. The Labute approximate surface area is 118 Å². The molecule has 0 fully saturated rings. The number of amides is 1. The molecule has 0 aromatic heterocycles. The molecular weight excluding hydrogens is 262 g/mol. The van der Waals surface area contributed by atoms with Crippen LogP contribution in [0.3, 0.4) is 0 Å². The Morgan fingerprint density at radius 1 is 1.05 bits per heavy atom. The van der Waals surface area contributed by atoms with Crippen molar-refractivity contribution >= 4 is 12.2 Å². The van der Waals surface area contributed by atoms with Gasteiger partial charge in [0.2, 0.25) is 0 Å². The van der Waals surface area contributed by atoms with E-state index in [1.807, 2.05) is 12.1 Å². The highest BCUT2D eigenvalue weighted by Crippen LogP contribution is 2.13. The average molecular weight is 281 g/mol. The number of carbonyl (C=O) groups is 2. The molecule has 0 aliphatic rings. The van der Waals surface area contributed by atoms with Crippen LogP contribution in [0.25, 0.3) is 0 Å². The highest BCUT2D eigenvalue weighted by Gasteiger charge is 2.05. The number of alkyl carbamates (subject to hydrolysis) is 1. The lowest BCUT2D eigenvalue weighted by atomic mass is 10.1. The summed E-state index contributed by atoms with van der Waals surface area (Å²) >= 11 is 0. The fraction of sp³-hybridized carbons (Fsp3) is 0.429. The molecule has 0 heterocycles. The normalized spacial score (nSPS) is 9.70. The molecule has 6 nitrogen and oxygen atoms in total. The Morgan fingerprint density at radius 3 is 2.30 bits per heavy atom. The predicted octanol–water partition coefficient (Wildman–Crippen LogP) is 2.51. The lowest BCUT2D eigenvalue weighted by Gasteiger charge is -2.07. The van der Waals surface area contributed by atoms with E-state index in [1.54, 1.807) is 26.0 Å². The Balaban J connectivity index is 2.35. The molecule has 0 bridgehead atoms. The van der Waals surface area contributed by atoms with E-state index in [4.69, 9.17) is 9.47 Å². The smallest absolute Gasteiger partial charge is 0.450 e. The van der Waals surface area contributed by atoms with Gasteiger partial charge in [-0.15, -0.1) is 0 Å². The van der Waals surface area contributed by atoms with Gasteiger partial charge in [0.1, 0.15) is 5.75 Å². The van der Waals surface area contributed by atoms with Crippen LogP contribution in [0.1, 0.15) is 19.4 Å². The van der Waals surface area contributed by atoms with Crippen LogP contribution in [0.5, 0.6) is 5.75 Å². The minimum Gasteiger partial charge on any atom is -0.450 e. The topological polar surface area (TPSA) is 73.9 Å². The first-order valence-electron chi connectivity index (χ1n) is 6.49. The van der Waals surface area contributed by atoms with Crippen molar-refractivity contribution < 1.29 is 23.8 Å². The van der Waals surface area contributed by atoms with Gasteiger partial charge >= 0.3 is 12.2 Å². The van der Waals surface area contributed by atoms with E-state index in [-0.39, 0.29) is 6.61 Å². The summed E-state index contributed by atoms with van der Waals surface area (Å²) in [6.45, 7) is 4.57. The third kappa shape index (κ3) is 6.08. The molecule has 1 aromatic carbocycles.